The first-order valence-corrected chi connectivity index (χ1v) is 6.56. The number of aromatic nitrogens is 3. The third kappa shape index (κ3) is 3.44. The number of hydrogen-bond acceptors (Lipinski definition) is 5. The normalized spacial score (nSPS) is 11.8. The van der Waals surface area contributed by atoms with Gasteiger partial charge in [0.05, 0.1) is 0 Å². The molecule has 0 spiro atoms. The number of rotatable bonds is 5. The van der Waals surface area contributed by atoms with Crippen LogP contribution in [0.2, 0.25) is 0 Å². The summed E-state index contributed by atoms with van der Waals surface area (Å²) in [5, 5.41) is 10.3. The summed E-state index contributed by atoms with van der Waals surface area (Å²) >= 11 is 0.881. The maximum absolute atomic E-state index is 12.4. The van der Waals surface area contributed by atoms with Crippen LogP contribution in [0, 0.1) is 0 Å². The molecule has 102 valence electrons. The standard InChI is InChI=1S/C12H14F2N4S/c1-12(2,8-3-5-15-6-4-8)7-16-11-18-17-10(19-11)9(13)14/h3-6,9H,7H2,1-2H3,(H,16,18). The predicted molar refractivity (Wildman–Crippen MR) is 70.6 cm³/mol. The number of halogens is 2. The molecule has 0 amide bonds. The number of nitrogens with zero attached hydrogens (tertiary/aromatic N) is 3. The Balaban J connectivity index is 2.01. The van der Waals surface area contributed by atoms with Gasteiger partial charge in [-0.3, -0.25) is 4.98 Å². The fourth-order valence-corrected chi connectivity index (χ4v) is 2.19. The number of hydrogen-bond donors (Lipinski definition) is 1. The van der Waals surface area contributed by atoms with Gasteiger partial charge in [0.25, 0.3) is 6.43 Å². The summed E-state index contributed by atoms with van der Waals surface area (Å²) in [5.41, 5.74) is 0.966. The van der Waals surface area contributed by atoms with E-state index in [1.165, 1.54) is 0 Å². The third-order valence-electron chi connectivity index (χ3n) is 2.77. The van der Waals surface area contributed by atoms with Gasteiger partial charge in [-0.2, -0.15) is 0 Å². The lowest BCUT2D eigenvalue weighted by atomic mass is 9.85. The van der Waals surface area contributed by atoms with Crippen molar-refractivity contribution >= 4 is 16.5 Å². The second-order valence-corrected chi connectivity index (χ2v) is 5.73. The van der Waals surface area contributed by atoms with Crippen molar-refractivity contribution < 1.29 is 8.78 Å². The van der Waals surface area contributed by atoms with Crippen LogP contribution in [0.5, 0.6) is 0 Å². The number of alkyl halides is 2. The van der Waals surface area contributed by atoms with Crippen molar-refractivity contribution in [1.82, 2.24) is 15.2 Å². The molecular weight excluding hydrogens is 270 g/mol. The summed E-state index contributed by atoms with van der Waals surface area (Å²) in [4.78, 5) is 3.98. The van der Waals surface area contributed by atoms with Crippen molar-refractivity contribution in [2.24, 2.45) is 0 Å². The molecule has 0 aliphatic heterocycles. The zero-order valence-corrected chi connectivity index (χ0v) is 11.4. The van der Waals surface area contributed by atoms with Crippen molar-refractivity contribution in [1.29, 1.82) is 0 Å². The number of nitrogens with one attached hydrogen (secondary N) is 1. The lowest BCUT2D eigenvalue weighted by molar-refractivity contribution is 0.150. The molecule has 0 radical (unpaired) electrons. The van der Waals surface area contributed by atoms with E-state index in [0.29, 0.717) is 11.7 Å². The largest absolute Gasteiger partial charge is 0.359 e. The average molecular weight is 284 g/mol. The summed E-state index contributed by atoms with van der Waals surface area (Å²) in [6.07, 6.45) is 0.898. The molecule has 0 atom stereocenters. The van der Waals surface area contributed by atoms with Gasteiger partial charge in [-0.1, -0.05) is 25.2 Å². The van der Waals surface area contributed by atoms with E-state index in [-0.39, 0.29) is 10.4 Å². The summed E-state index contributed by atoms with van der Waals surface area (Å²) in [7, 11) is 0. The van der Waals surface area contributed by atoms with Gasteiger partial charge in [0.15, 0.2) is 5.01 Å². The van der Waals surface area contributed by atoms with Crippen LogP contribution in [-0.4, -0.2) is 21.7 Å². The highest BCUT2D eigenvalue weighted by Gasteiger charge is 2.21. The predicted octanol–water partition coefficient (Wildman–Crippen LogP) is 3.26. The zero-order chi connectivity index (χ0) is 13.9. The van der Waals surface area contributed by atoms with Gasteiger partial charge in [0.1, 0.15) is 0 Å². The minimum atomic E-state index is -2.57. The summed E-state index contributed by atoms with van der Waals surface area (Å²) in [6.45, 7) is 4.70. The molecule has 2 heterocycles. The lowest BCUT2D eigenvalue weighted by Gasteiger charge is -2.25. The zero-order valence-electron chi connectivity index (χ0n) is 10.6. The van der Waals surface area contributed by atoms with E-state index in [4.69, 9.17) is 0 Å². The minimum Gasteiger partial charge on any atom is -0.359 e. The maximum Gasteiger partial charge on any atom is 0.291 e. The minimum absolute atomic E-state index is 0.153. The van der Waals surface area contributed by atoms with Crippen molar-refractivity contribution in [3.63, 3.8) is 0 Å². The molecule has 0 aliphatic carbocycles. The molecule has 7 heteroatoms. The van der Waals surface area contributed by atoms with E-state index >= 15 is 0 Å². The smallest absolute Gasteiger partial charge is 0.291 e. The average Bonchev–Trinajstić information content (AvgIpc) is 2.87. The van der Waals surface area contributed by atoms with Crippen LogP contribution in [0.3, 0.4) is 0 Å². The molecule has 0 bridgehead atoms. The monoisotopic (exact) mass is 284 g/mol. The molecule has 1 N–H and O–H groups in total. The van der Waals surface area contributed by atoms with Crippen molar-refractivity contribution in [3.8, 4) is 0 Å². The van der Waals surface area contributed by atoms with Crippen LogP contribution in [0.15, 0.2) is 24.5 Å². The quantitative estimate of drug-likeness (QED) is 0.915. The fraction of sp³-hybridized carbons (Fsp3) is 0.417. The Labute approximate surface area is 113 Å². The Kier molecular flexibility index (Phi) is 4.04. The Morgan fingerprint density at radius 1 is 1.26 bits per heavy atom. The lowest BCUT2D eigenvalue weighted by Crippen LogP contribution is -2.27. The molecule has 2 aromatic heterocycles. The highest BCUT2D eigenvalue weighted by molar-refractivity contribution is 7.15. The maximum atomic E-state index is 12.4. The third-order valence-corrected chi connectivity index (χ3v) is 3.66. The van der Waals surface area contributed by atoms with Crippen molar-refractivity contribution in [2.45, 2.75) is 25.7 Å². The molecule has 0 saturated heterocycles. The molecule has 0 aromatic carbocycles. The molecule has 2 rings (SSSR count). The van der Waals surface area contributed by atoms with Crippen LogP contribution in [0.1, 0.15) is 30.8 Å². The molecule has 0 saturated carbocycles. The van der Waals surface area contributed by atoms with Gasteiger partial charge >= 0.3 is 0 Å². The highest BCUT2D eigenvalue weighted by atomic mass is 32.1. The van der Waals surface area contributed by atoms with Crippen LogP contribution in [-0.2, 0) is 5.41 Å². The topological polar surface area (TPSA) is 50.7 Å². The summed E-state index contributed by atoms with van der Waals surface area (Å²) in [5.74, 6) is 0. The van der Waals surface area contributed by atoms with Crippen LogP contribution in [0.25, 0.3) is 0 Å². The van der Waals surface area contributed by atoms with E-state index in [2.05, 4.69) is 34.3 Å². The first-order valence-electron chi connectivity index (χ1n) is 5.75. The Hall–Kier alpha value is -1.63. The molecule has 4 nitrogen and oxygen atoms in total. The molecule has 0 fully saturated rings. The van der Waals surface area contributed by atoms with E-state index < -0.39 is 6.43 Å². The first kappa shape index (κ1) is 13.8. The molecule has 0 unspecified atom stereocenters. The Morgan fingerprint density at radius 2 is 1.95 bits per heavy atom. The second kappa shape index (κ2) is 5.56. The summed E-state index contributed by atoms with van der Waals surface area (Å²) < 4.78 is 24.8. The number of pyridine rings is 1. The van der Waals surface area contributed by atoms with E-state index in [1.54, 1.807) is 12.4 Å². The van der Waals surface area contributed by atoms with Crippen molar-refractivity contribution in [3.05, 3.63) is 35.1 Å². The fourth-order valence-electron chi connectivity index (χ4n) is 1.60. The van der Waals surface area contributed by atoms with Gasteiger partial charge in [0, 0.05) is 24.4 Å². The second-order valence-electron chi connectivity index (χ2n) is 4.72. The summed E-state index contributed by atoms with van der Waals surface area (Å²) in [6, 6.07) is 3.87. The Morgan fingerprint density at radius 3 is 2.53 bits per heavy atom. The van der Waals surface area contributed by atoms with Gasteiger partial charge in [-0.05, 0) is 17.7 Å². The molecule has 19 heavy (non-hydrogen) atoms. The van der Waals surface area contributed by atoms with Gasteiger partial charge in [-0.15, -0.1) is 10.2 Å². The van der Waals surface area contributed by atoms with Crippen LogP contribution in [0.4, 0.5) is 13.9 Å². The van der Waals surface area contributed by atoms with Gasteiger partial charge in [0.2, 0.25) is 5.13 Å². The van der Waals surface area contributed by atoms with Crippen molar-refractivity contribution in [2.75, 3.05) is 11.9 Å². The van der Waals surface area contributed by atoms with E-state index in [1.807, 2.05) is 12.1 Å². The highest BCUT2D eigenvalue weighted by Crippen LogP contribution is 2.27. The first-order chi connectivity index (χ1) is 8.99. The van der Waals surface area contributed by atoms with E-state index in [0.717, 1.165) is 16.9 Å². The molecule has 2 aromatic rings. The Bertz CT molecular complexity index is 528. The van der Waals surface area contributed by atoms with Gasteiger partial charge < -0.3 is 5.32 Å². The van der Waals surface area contributed by atoms with Crippen LogP contribution >= 0.6 is 11.3 Å². The van der Waals surface area contributed by atoms with Gasteiger partial charge in [-0.25, -0.2) is 8.78 Å². The molecule has 0 aliphatic rings. The molecular formula is C12H14F2N4S. The van der Waals surface area contributed by atoms with E-state index in [9.17, 15) is 8.78 Å². The number of anilines is 1. The van der Waals surface area contributed by atoms with Crippen LogP contribution < -0.4 is 5.32 Å². The SMILES string of the molecule is CC(C)(CNc1nnc(C(F)F)s1)c1ccncc1.